The van der Waals surface area contributed by atoms with Crippen molar-refractivity contribution in [3.05, 3.63) is 101 Å². The summed E-state index contributed by atoms with van der Waals surface area (Å²) in [5, 5.41) is 0. The monoisotopic (exact) mass is 544 g/mol. The molecule has 0 amide bonds. The van der Waals surface area contributed by atoms with Crippen LogP contribution in [0.3, 0.4) is 0 Å². The molecule has 4 aromatic heterocycles. The molecule has 6 heterocycles. The minimum Gasteiger partial charge on any atom is -0.372 e. The van der Waals surface area contributed by atoms with Crippen LogP contribution < -0.4 is 0 Å². The molecule has 38 heavy (non-hydrogen) atoms. The van der Waals surface area contributed by atoms with Crippen LogP contribution in [0, 0.1) is 0 Å². The van der Waals surface area contributed by atoms with Gasteiger partial charge in [0.25, 0.3) is 0 Å². The van der Waals surface area contributed by atoms with Crippen molar-refractivity contribution in [3.8, 4) is 0 Å². The SMILES string of the molecule is C1=Cc2cc3ccc(cc4nc(cc5ccc(cc1n2)[nH]5)C=C4)[nH]3.CCCCOC(C)c1ccccn1.[Mn]. The van der Waals surface area contributed by atoms with Crippen molar-refractivity contribution in [2.75, 3.05) is 6.61 Å². The molecule has 0 fully saturated rings. The Morgan fingerprint density at radius 1 is 0.711 bits per heavy atom. The number of fused-ring (bicyclic) bond motifs is 8. The van der Waals surface area contributed by atoms with Gasteiger partial charge in [0.1, 0.15) is 0 Å². The molecule has 2 N–H and O–H groups in total. The maximum Gasteiger partial charge on any atom is 0.0966 e. The van der Waals surface area contributed by atoms with Crippen molar-refractivity contribution in [2.45, 2.75) is 32.8 Å². The van der Waals surface area contributed by atoms with E-state index in [1.54, 1.807) is 6.20 Å². The number of pyridine rings is 1. The quantitative estimate of drug-likeness (QED) is 0.173. The Labute approximate surface area is 233 Å². The molecule has 1 atom stereocenters. The van der Waals surface area contributed by atoms with Gasteiger partial charge in [0.2, 0.25) is 0 Å². The molecule has 0 aromatic carbocycles. The van der Waals surface area contributed by atoms with Gasteiger partial charge < -0.3 is 14.7 Å². The number of hydrogen-bond donors (Lipinski definition) is 2. The molecule has 8 bridgehead atoms. The van der Waals surface area contributed by atoms with Crippen LogP contribution in [0.25, 0.3) is 46.4 Å². The third-order valence-corrected chi connectivity index (χ3v) is 6.01. The van der Waals surface area contributed by atoms with Gasteiger partial charge in [-0.1, -0.05) is 19.4 Å². The van der Waals surface area contributed by atoms with Crippen LogP contribution in [0.15, 0.2) is 72.9 Å². The molecule has 0 saturated carbocycles. The summed E-state index contributed by atoms with van der Waals surface area (Å²) in [6.45, 7) is 5.03. The minimum absolute atomic E-state index is 0. The number of aromatic amines is 2. The van der Waals surface area contributed by atoms with E-state index in [1.807, 2.05) is 73.7 Å². The van der Waals surface area contributed by atoms with E-state index in [1.165, 1.54) is 6.42 Å². The van der Waals surface area contributed by atoms with E-state index in [4.69, 9.17) is 4.74 Å². The summed E-state index contributed by atoms with van der Waals surface area (Å²) in [5.74, 6) is 0. The van der Waals surface area contributed by atoms with Gasteiger partial charge in [-0.05, 0) is 98.3 Å². The second-order valence-electron chi connectivity index (χ2n) is 9.03. The van der Waals surface area contributed by atoms with E-state index in [9.17, 15) is 0 Å². The van der Waals surface area contributed by atoms with E-state index >= 15 is 0 Å². The maximum atomic E-state index is 5.61. The first-order valence-corrected chi connectivity index (χ1v) is 12.7. The number of nitrogens with one attached hydrogen (secondary N) is 2. The number of rotatable bonds is 5. The molecule has 0 aliphatic carbocycles. The van der Waals surface area contributed by atoms with Gasteiger partial charge in [0, 0.05) is 51.9 Å². The fraction of sp³-hybridized carbons (Fsp3) is 0.194. The van der Waals surface area contributed by atoms with Crippen molar-refractivity contribution >= 4 is 46.4 Å². The summed E-state index contributed by atoms with van der Waals surface area (Å²) in [5.41, 5.74) is 8.87. The van der Waals surface area contributed by atoms with E-state index in [2.05, 4.69) is 56.1 Å². The normalized spacial score (nSPS) is 12.4. The van der Waals surface area contributed by atoms with Gasteiger partial charge in [-0.25, -0.2) is 9.97 Å². The number of nitrogens with zero attached hydrogens (tertiary/aromatic N) is 3. The summed E-state index contributed by atoms with van der Waals surface area (Å²) in [6.07, 6.45) is 12.3. The molecule has 0 saturated heterocycles. The predicted octanol–water partition coefficient (Wildman–Crippen LogP) is 7.61. The third-order valence-electron chi connectivity index (χ3n) is 6.01. The smallest absolute Gasteiger partial charge is 0.0966 e. The summed E-state index contributed by atoms with van der Waals surface area (Å²) in [7, 11) is 0. The number of H-pyrrole nitrogens is 2. The van der Waals surface area contributed by atoms with Gasteiger partial charge in [-0.2, -0.15) is 0 Å². The average Bonchev–Trinajstić information content (AvgIpc) is 3.71. The van der Waals surface area contributed by atoms with Crippen LogP contribution in [-0.4, -0.2) is 31.5 Å². The van der Waals surface area contributed by atoms with Crippen molar-refractivity contribution in [1.29, 1.82) is 0 Å². The van der Waals surface area contributed by atoms with Crippen LogP contribution in [0.1, 0.15) is 61.3 Å². The first-order valence-electron chi connectivity index (χ1n) is 12.7. The Morgan fingerprint density at radius 3 is 1.58 bits per heavy atom. The zero-order valence-corrected chi connectivity index (χ0v) is 22.7. The zero-order valence-electron chi connectivity index (χ0n) is 21.6. The van der Waals surface area contributed by atoms with Gasteiger partial charge >= 0.3 is 0 Å². The first-order chi connectivity index (χ1) is 18.1. The van der Waals surface area contributed by atoms with E-state index in [-0.39, 0.29) is 23.2 Å². The topological polar surface area (TPSA) is 79.5 Å². The van der Waals surface area contributed by atoms with Gasteiger partial charge in [0.05, 0.1) is 34.6 Å². The summed E-state index contributed by atoms with van der Waals surface area (Å²) < 4.78 is 5.61. The van der Waals surface area contributed by atoms with Crippen LogP contribution in [0.4, 0.5) is 0 Å². The Balaban J connectivity index is 0.000000207. The second-order valence-corrected chi connectivity index (χ2v) is 9.03. The van der Waals surface area contributed by atoms with Gasteiger partial charge in [-0.3, -0.25) is 4.98 Å². The molecule has 0 spiro atoms. The fourth-order valence-electron chi connectivity index (χ4n) is 4.05. The Bertz CT molecular complexity index is 1390. The first kappa shape index (κ1) is 27.3. The molecule has 193 valence electrons. The summed E-state index contributed by atoms with van der Waals surface area (Å²) in [6, 6.07) is 22.3. The fourth-order valence-corrected chi connectivity index (χ4v) is 4.05. The molecule has 2 aliphatic rings. The standard InChI is InChI=1S/C20H14N4.C11H17NO.Mn/c1-2-14-10-16-5-6-18(23-16)12-20-8-7-19(24-20)11-17-4-3-15(22-17)9-13(1)21-14;1-3-4-9-13-10(2)11-7-5-6-8-12-11;/h1-12,21,24H;5-8,10H,3-4,9H2,1-2H3;. The molecule has 6 nitrogen and oxygen atoms in total. The van der Waals surface area contributed by atoms with Crippen molar-refractivity contribution in [1.82, 2.24) is 24.9 Å². The molecule has 1 radical (unpaired) electrons. The van der Waals surface area contributed by atoms with Gasteiger partial charge in [0.15, 0.2) is 0 Å². The maximum absolute atomic E-state index is 5.61. The van der Waals surface area contributed by atoms with Crippen LogP contribution in [0.2, 0.25) is 0 Å². The van der Waals surface area contributed by atoms with Crippen molar-refractivity contribution < 1.29 is 21.8 Å². The molecule has 1 unspecified atom stereocenters. The minimum atomic E-state index is 0. The van der Waals surface area contributed by atoms with Crippen molar-refractivity contribution in [2.24, 2.45) is 0 Å². The zero-order chi connectivity index (χ0) is 25.5. The molecular formula is C31H31MnN5O. The van der Waals surface area contributed by atoms with E-state index in [0.717, 1.165) is 63.6 Å². The Morgan fingerprint density at radius 2 is 1.18 bits per heavy atom. The molecule has 4 aromatic rings. The van der Waals surface area contributed by atoms with Gasteiger partial charge in [-0.15, -0.1) is 0 Å². The van der Waals surface area contributed by atoms with E-state index < -0.39 is 0 Å². The Kier molecular flexibility index (Phi) is 9.44. The summed E-state index contributed by atoms with van der Waals surface area (Å²) in [4.78, 5) is 20.3. The molecule has 7 heteroatoms. The van der Waals surface area contributed by atoms with Crippen molar-refractivity contribution in [3.63, 3.8) is 0 Å². The largest absolute Gasteiger partial charge is 0.372 e. The predicted molar refractivity (Wildman–Crippen MR) is 152 cm³/mol. The third kappa shape index (κ3) is 7.39. The number of hydrogen-bond acceptors (Lipinski definition) is 4. The summed E-state index contributed by atoms with van der Waals surface area (Å²) >= 11 is 0. The molecule has 2 aliphatic heterocycles. The Hall–Kier alpha value is -3.77. The number of unbranched alkanes of at least 4 members (excludes halogenated alkanes) is 1. The van der Waals surface area contributed by atoms with E-state index in [0.29, 0.717) is 0 Å². The second kappa shape index (κ2) is 13.2. The molecular weight excluding hydrogens is 513 g/mol. The van der Waals surface area contributed by atoms with Crippen LogP contribution in [-0.2, 0) is 21.8 Å². The van der Waals surface area contributed by atoms with Crippen LogP contribution in [0.5, 0.6) is 0 Å². The average molecular weight is 545 g/mol. The number of aromatic nitrogens is 5. The number of ether oxygens (including phenoxy) is 1. The molecule has 6 rings (SSSR count). The van der Waals surface area contributed by atoms with Crippen LogP contribution >= 0.6 is 0 Å².